The molecule has 0 spiro atoms. The third-order valence-electron chi connectivity index (χ3n) is 9.01. The molecule has 39 heavy (non-hydrogen) atoms. The molecule has 3 aromatic carbocycles. The molecule has 198 valence electrons. The van der Waals surface area contributed by atoms with Crippen LogP contribution in [-0.4, -0.2) is 0 Å². The number of hydrogen-bond acceptors (Lipinski definition) is 0. The van der Waals surface area contributed by atoms with E-state index in [1.54, 1.807) is 0 Å². The first-order valence-electron chi connectivity index (χ1n) is 14.8. The normalized spacial score (nSPS) is 22.1. The van der Waals surface area contributed by atoms with E-state index in [-0.39, 0.29) is 0 Å². The number of terminal acetylenes is 1. The molecular formula is C39H42. The Labute approximate surface area is 236 Å². The third-order valence-corrected chi connectivity index (χ3v) is 9.01. The van der Waals surface area contributed by atoms with E-state index in [2.05, 4.69) is 117 Å². The van der Waals surface area contributed by atoms with Crippen molar-refractivity contribution >= 4 is 5.57 Å². The second-order valence-electron chi connectivity index (χ2n) is 11.9. The zero-order chi connectivity index (χ0) is 27.2. The van der Waals surface area contributed by atoms with E-state index in [1.807, 2.05) is 0 Å². The highest BCUT2D eigenvalue weighted by Gasteiger charge is 2.31. The first kappa shape index (κ1) is 27.0. The van der Waals surface area contributed by atoms with Crippen molar-refractivity contribution in [2.45, 2.75) is 64.2 Å². The van der Waals surface area contributed by atoms with Crippen molar-refractivity contribution in [2.24, 2.45) is 17.8 Å². The van der Waals surface area contributed by atoms with Gasteiger partial charge in [0.2, 0.25) is 0 Å². The molecular weight excluding hydrogens is 468 g/mol. The van der Waals surface area contributed by atoms with Crippen LogP contribution in [0.4, 0.5) is 0 Å². The Morgan fingerprint density at radius 2 is 1.59 bits per heavy atom. The fourth-order valence-electron chi connectivity index (χ4n) is 6.78. The van der Waals surface area contributed by atoms with Crippen LogP contribution in [0.3, 0.4) is 0 Å². The van der Waals surface area contributed by atoms with Crippen LogP contribution in [0.5, 0.6) is 0 Å². The fraction of sp³-hybridized carbons (Fsp3) is 0.333. The minimum Gasteiger partial charge on any atom is -0.115 e. The second kappa shape index (κ2) is 12.5. The topological polar surface area (TPSA) is 0 Å². The van der Waals surface area contributed by atoms with Gasteiger partial charge >= 0.3 is 0 Å². The molecule has 3 atom stereocenters. The maximum absolute atomic E-state index is 5.55. The van der Waals surface area contributed by atoms with Crippen molar-refractivity contribution in [1.29, 1.82) is 0 Å². The molecule has 0 aromatic heterocycles. The molecule has 3 aromatic rings. The monoisotopic (exact) mass is 510 g/mol. The molecule has 0 radical (unpaired) electrons. The van der Waals surface area contributed by atoms with Crippen LogP contribution >= 0.6 is 0 Å². The number of hydrogen-bond donors (Lipinski definition) is 0. The van der Waals surface area contributed by atoms with Crippen LogP contribution in [0, 0.1) is 30.1 Å². The van der Waals surface area contributed by atoms with E-state index >= 15 is 0 Å². The Bertz CT molecular complexity index is 1340. The van der Waals surface area contributed by atoms with Crippen molar-refractivity contribution in [3.05, 3.63) is 137 Å². The SMILES string of the molecule is C#Cc1ccc(CC2CCC(C(C(=C)C[C@@H](C)c3ccccc3)c3ccc(C4=CC(C)C=C4)cc3)CC2)cc1. The molecule has 1 fully saturated rings. The molecule has 2 unspecified atom stereocenters. The fourth-order valence-corrected chi connectivity index (χ4v) is 6.78. The van der Waals surface area contributed by atoms with Crippen molar-refractivity contribution in [3.63, 3.8) is 0 Å². The molecule has 2 aliphatic carbocycles. The number of benzene rings is 3. The Hall–Kier alpha value is -3.56. The van der Waals surface area contributed by atoms with Crippen LogP contribution in [0.25, 0.3) is 5.57 Å². The van der Waals surface area contributed by atoms with Gasteiger partial charge in [0.1, 0.15) is 0 Å². The van der Waals surface area contributed by atoms with Crippen LogP contribution in [0.1, 0.15) is 85.6 Å². The molecule has 1 saturated carbocycles. The standard InChI is InChI=1S/C39H42/c1-5-31-12-14-32(15-13-31)27-33-16-19-36(20-17-33)39(30(4)26-29(3)34-9-7-6-8-10-34)37-23-21-35(22-24-37)38-18-11-28(2)25-38/h1,6-15,18,21-25,28-29,33,36,39H,4,16-17,19-20,26-27H2,2-3H3/t28?,29-,33?,36?,39?/m1/s1. The van der Waals surface area contributed by atoms with Gasteiger partial charge in [-0.15, -0.1) is 6.42 Å². The van der Waals surface area contributed by atoms with Crippen LogP contribution in [0.2, 0.25) is 0 Å². The van der Waals surface area contributed by atoms with Crippen molar-refractivity contribution in [1.82, 2.24) is 0 Å². The van der Waals surface area contributed by atoms with E-state index in [4.69, 9.17) is 13.0 Å². The lowest BCUT2D eigenvalue weighted by Crippen LogP contribution is -2.23. The molecule has 0 N–H and O–H groups in total. The van der Waals surface area contributed by atoms with Gasteiger partial charge in [0, 0.05) is 11.5 Å². The van der Waals surface area contributed by atoms with E-state index in [1.165, 1.54) is 59.1 Å². The van der Waals surface area contributed by atoms with Crippen molar-refractivity contribution in [3.8, 4) is 12.3 Å². The average molecular weight is 511 g/mol. The molecule has 0 nitrogen and oxygen atoms in total. The summed E-state index contributed by atoms with van der Waals surface area (Å²) in [5.41, 5.74) is 9.28. The molecule has 0 heteroatoms. The first-order chi connectivity index (χ1) is 19.0. The maximum atomic E-state index is 5.55. The highest BCUT2D eigenvalue weighted by Crippen LogP contribution is 2.45. The Kier molecular flexibility index (Phi) is 8.68. The molecule has 2 aliphatic rings. The zero-order valence-corrected chi connectivity index (χ0v) is 23.7. The molecule has 5 rings (SSSR count). The molecule has 0 bridgehead atoms. The highest BCUT2D eigenvalue weighted by molar-refractivity contribution is 5.76. The molecule has 0 amide bonds. The first-order valence-corrected chi connectivity index (χ1v) is 14.8. The summed E-state index contributed by atoms with van der Waals surface area (Å²) >= 11 is 0. The maximum Gasteiger partial charge on any atom is 0.0242 e. The van der Waals surface area contributed by atoms with E-state index in [0.717, 1.165) is 24.3 Å². The van der Waals surface area contributed by atoms with Gasteiger partial charge in [-0.1, -0.05) is 117 Å². The predicted molar refractivity (Wildman–Crippen MR) is 168 cm³/mol. The summed E-state index contributed by atoms with van der Waals surface area (Å²) in [6, 6.07) is 28.9. The van der Waals surface area contributed by atoms with Crippen LogP contribution < -0.4 is 0 Å². The quantitative estimate of drug-likeness (QED) is 0.198. The smallest absolute Gasteiger partial charge is 0.0242 e. The third kappa shape index (κ3) is 6.72. The van der Waals surface area contributed by atoms with Gasteiger partial charge in [-0.05, 0) is 102 Å². The van der Waals surface area contributed by atoms with Crippen molar-refractivity contribution < 1.29 is 0 Å². The largest absolute Gasteiger partial charge is 0.115 e. The summed E-state index contributed by atoms with van der Waals surface area (Å²) in [6.45, 7) is 9.34. The van der Waals surface area contributed by atoms with Crippen LogP contribution in [0.15, 0.2) is 109 Å². The second-order valence-corrected chi connectivity index (χ2v) is 11.9. The Morgan fingerprint density at radius 3 is 2.21 bits per heavy atom. The van der Waals surface area contributed by atoms with Gasteiger partial charge in [0.05, 0.1) is 0 Å². The minimum absolute atomic E-state index is 0.410. The lowest BCUT2D eigenvalue weighted by Gasteiger charge is -2.36. The van der Waals surface area contributed by atoms with Gasteiger partial charge in [-0.2, -0.15) is 0 Å². The van der Waals surface area contributed by atoms with Gasteiger partial charge < -0.3 is 0 Å². The summed E-state index contributed by atoms with van der Waals surface area (Å²) < 4.78 is 0. The van der Waals surface area contributed by atoms with Gasteiger partial charge in [-0.25, -0.2) is 0 Å². The van der Waals surface area contributed by atoms with Gasteiger partial charge in [0.15, 0.2) is 0 Å². The highest BCUT2D eigenvalue weighted by atomic mass is 14.4. The van der Waals surface area contributed by atoms with Crippen molar-refractivity contribution in [2.75, 3.05) is 0 Å². The Balaban J connectivity index is 1.31. The summed E-state index contributed by atoms with van der Waals surface area (Å²) in [5.74, 6) is 5.54. The minimum atomic E-state index is 0.410. The van der Waals surface area contributed by atoms with E-state index < -0.39 is 0 Å². The van der Waals surface area contributed by atoms with Crippen LogP contribution in [-0.2, 0) is 6.42 Å². The zero-order valence-electron chi connectivity index (χ0n) is 23.7. The lowest BCUT2D eigenvalue weighted by atomic mass is 9.69. The van der Waals surface area contributed by atoms with E-state index in [0.29, 0.717) is 23.7 Å². The number of rotatable bonds is 9. The summed E-state index contributed by atoms with van der Waals surface area (Å²) in [7, 11) is 0. The molecule has 0 heterocycles. The predicted octanol–water partition coefficient (Wildman–Crippen LogP) is 10.1. The summed E-state index contributed by atoms with van der Waals surface area (Å²) in [4.78, 5) is 0. The summed E-state index contributed by atoms with van der Waals surface area (Å²) in [6.07, 6.45) is 19.7. The lowest BCUT2D eigenvalue weighted by molar-refractivity contribution is 0.251. The van der Waals surface area contributed by atoms with E-state index in [9.17, 15) is 0 Å². The molecule has 0 aliphatic heterocycles. The number of allylic oxidation sites excluding steroid dienone is 5. The van der Waals surface area contributed by atoms with Gasteiger partial charge in [-0.3, -0.25) is 0 Å². The summed E-state index contributed by atoms with van der Waals surface area (Å²) in [5, 5.41) is 0. The average Bonchev–Trinajstić information content (AvgIpc) is 3.41. The Morgan fingerprint density at radius 1 is 0.897 bits per heavy atom. The van der Waals surface area contributed by atoms with Gasteiger partial charge in [0.25, 0.3) is 0 Å². The molecule has 0 saturated heterocycles.